The molecule has 0 fully saturated rings. The lowest BCUT2D eigenvalue weighted by Crippen LogP contribution is -2.30. The summed E-state index contributed by atoms with van der Waals surface area (Å²) in [6.07, 6.45) is 0. The minimum absolute atomic E-state index is 0.227. The van der Waals surface area contributed by atoms with Gasteiger partial charge in [-0.1, -0.05) is 52.0 Å². The molecule has 138 valence electrons. The van der Waals surface area contributed by atoms with E-state index in [1.807, 2.05) is 18.2 Å². The zero-order chi connectivity index (χ0) is 19.3. The predicted molar refractivity (Wildman–Crippen MR) is 105 cm³/mol. The van der Waals surface area contributed by atoms with Crippen LogP contribution in [0.3, 0.4) is 0 Å². The van der Waals surface area contributed by atoms with Gasteiger partial charge >= 0.3 is 11.8 Å². The Morgan fingerprint density at radius 1 is 0.846 bits per heavy atom. The van der Waals surface area contributed by atoms with Gasteiger partial charge in [0.25, 0.3) is 0 Å². The first-order chi connectivity index (χ1) is 12.3. The Hall–Kier alpha value is -2.82. The zero-order valence-electron chi connectivity index (χ0n) is 15.9. The average Bonchev–Trinajstić information content (AvgIpc) is 2.61. The van der Waals surface area contributed by atoms with Crippen molar-refractivity contribution < 1.29 is 14.3 Å². The zero-order valence-corrected chi connectivity index (χ0v) is 15.9. The number of carbonyl (C=O) groups is 2. The number of rotatable bonds is 5. The third-order valence-electron chi connectivity index (χ3n) is 4.15. The molecule has 5 nitrogen and oxygen atoms in total. The summed E-state index contributed by atoms with van der Waals surface area (Å²) < 4.78 is 5.12. The minimum atomic E-state index is -0.716. The third kappa shape index (κ3) is 4.63. The number of ether oxygens (including phenoxy) is 1. The molecule has 0 aliphatic heterocycles. The van der Waals surface area contributed by atoms with E-state index in [9.17, 15) is 9.59 Å². The third-order valence-corrected chi connectivity index (χ3v) is 4.15. The van der Waals surface area contributed by atoms with Crippen LogP contribution in [0.5, 0.6) is 5.75 Å². The van der Waals surface area contributed by atoms with Crippen molar-refractivity contribution in [2.45, 2.75) is 39.5 Å². The molecular formula is C21H26N2O3. The van der Waals surface area contributed by atoms with Gasteiger partial charge < -0.3 is 15.4 Å². The molecule has 2 aromatic carbocycles. The van der Waals surface area contributed by atoms with Crippen molar-refractivity contribution in [3.8, 4) is 5.75 Å². The van der Waals surface area contributed by atoms with Crippen LogP contribution in [0.25, 0.3) is 0 Å². The van der Waals surface area contributed by atoms with E-state index in [-0.39, 0.29) is 11.8 Å². The number of benzene rings is 2. The van der Waals surface area contributed by atoms with E-state index in [0.717, 1.165) is 16.8 Å². The van der Waals surface area contributed by atoms with Gasteiger partial charge in [0.2, 0.25) is 0 Å². The van der Waals surface area contributed by atoms with Crippen LogP contribution >= 0.6 is 0 Å². The molecule has 0 atom stereocenters. The highest BCUT2D eigenvalue weighted by atomic mass is 16.5. The van der Waals surface area contributed by atoms with Gasteiger partial charge in [-0.2, -0.15) is 0 Å². The summed E-state index contributed by atoms with van der Waals surface area (Å²) in [5, 5.41) is 5.41. The van der Waals surface area contributed by atoms with Gasteiger partial charge in [-0.05, 0) is 35.1 Å². The number of hydrogen-bond acceptors (Lipinski definition) is 3. The molecule has 0 saturated carbocycles. The summed E-state index contributed by atoms with van der Waals surface area (Å²) in [6.45, 7) is 8.24. The normalized spacial score (nSPS) is 10.7. The molecule has 2 aromatic rings. The van der Waals surface area contributed by atoms with Gasteiger partial charge in [0.15, 0.2) is 0 Å². The largest absolute Gasteiger partial charge is 0.497 e. The fourth-order valence-electron chi connectivity index (χ4n) is 2.75. The highest BCUT2D eigenvalue weighted by Crippen LogP contribution is 2.32. The summed E-state index contributed by atoms with van der Waals surface area (Å²) in [6, 6.07) is 12.8. The lowest BCUT2D eigenvalue weighted by atomic mass is 9.92. The first-order valence-corrected chi connectivity index (χ1v) is 8.72. The molecule has 0 unspecified atom stereocenters. The second kappa shape index (κ2) is 8.52. The van der Waals surface area contributed by atoms with Crippen molar-refractivity contribution in [3.05, 3.63) is 53.6 Å². The quantitative estimate of drug-likeness (QED) is 0.776. The van der Waals surface area contributed by atoms with Gasteiger partial charge in [-0.25, -0.2) is 0 Å². The lowest BCUT2D eigenvalue weighted by molar-refractivity contribution is -0.133. The van der Waals surface area contributed by atoms with Crippen LogP contribution in [0.1, 0.15) is 50.7 Å². The Morgan fingerprint density at radius 2 is 1.38 bits per heavy atom. The maximum Gasteiger partial charge on any atom is 0.314 e. The van der Waals surface area contributed by atoms with Crippen LogP contribution in [-0.2, 0) is 9.59 Å². The summed E-state index contributed by atoms with van der Waals surface area (Å²) in [5.41, 5.74) is 3.26. The molecule has 0 saturated heterocycles. The highest BCUT2D eigenvalue weighted by Gasteiger charge is 2.20. The summed E-state index contributed by atoms with van der Waals surface area (Å²) >= 11 is 0. The standard InChI is InChI=1S/C21H26N2O3/c1-13(2)17-10-7-11-18(14(3)4)19(17)23-21(25)20(24)22-15-8-6-9-16(12-15)26-5/h6-14H,1-5H3,(H,22,24)(H,23,25). The fourth-order valence-corrected chi connectivity index (χ4v) is 2.75. The van der Waals surface area contributed by atoms with E-state index in [2.05, 4.69) is 38.3 Å². The van der Waals surface area contributed by atoms with E-state index in [1.54, 1.807) is 31.4 Å². The molecule has 26 heavy (non-hydrogen) atoms. The van der Waals surface area contributed by atoms with Gasteiger partial charge in [-0.3, -0.25) is 9.59 Å². The SMILES string of the molecule is COc1cccc(NC(=O)C(=O)Nc2c(C(C)C)cccc2C(C)C)c1. The molecule has 2 amide bonds. The summed E-state index contributed by atoms with van der Waals surface area (Å²) in [4.78, 5) is 24.8. The number of amides is 2. The first-order valence-electron chi connectivity index (χ1n) is 8.72. The van der Waals surface area contributed by atoms with E-state index in [0.29, 0.717) is 11.4 Å². The average molecular weight is 354 g/mol. The topological polar surface area (TPSA) is 67.4 Å². The van der Waals surface area contributed by atoms with Crippen molar-refractivity contribution in [3.63, 3.8) is 0 Å². The van der Waals surface area contributed by atoms with Crippen molar-refractivity contribution >= 4 is 23.2 Å². The Balaban J connectivity index is 2.22. The molecule has 0 spiro atoms. The second-order valence-corrected chi connectivity index (χ2v) is 6.76. The molecule has 0 aliphatic rings. The Bertz CT molecular complexity index is 771. The van der Waals surface area contributed by atoms with Crippen LogP contribution in [-0.4, -0.2) is 18.9 Å². The summed E-state index contributed by atoms with van der Waals surface area (Å²) in [5.74, 6) is -0.347. The lowest BCUT2D eigenvalue weighted by Gasteiger charge is -2.20. The van der Waals surface area contributed by atoms with E-state index < -0.39 is 11.8 Å². The van der Waals surface area contributed by atoms with Gasteiger partial charge in [0.1, 0.15) is 5.75 Å². The molecule has 0 aromatic heterocycles. The van der Waals surface area contributed by atoms with Gasteiger partial charge in [0, 0.05) is 17.4 Å². The number of anilines is 2. The number of para-hydroxylation sites is 1. The number of nitrogens with one attached hydrogen (secondary N) is 2. The van der Waals surface area contributed by atoms with Gasteiger partial charge in [-0.15, -0.1) is 0 Å². The first kappa shape index (κ1) is 19.5. The monoisotopic (exact) mass is 354 g/mol. The van der Waals surface area contributed by atoms with Crippen LogP contribution in [0.15, 0.2) is 42.5 Å². The molecular weight excluding hydrogens is 328 g/mol. The molecule has 0 heterocycles. The maximum atomic E-state index is 12.5. The molecule has 0 aliphatic carbocycles. The molecule has 0 bridgehead atoms. The molecule has 5 heteroatoms. The Morgan fingerprint density at radius 3 is 1.92 bits per heavy atom. The Labute approximate surface area is 154 Å². The van der Waals surface area contributed by atoms with Crippen LogP contribution in [0.4, 0.5) is 11.4 Å². The maximum absolute atomic E-state index is 12.5. The van der Waals surface area contributed by atoms with Crippen molar-refractivity contribution in [1.29, 1.82) is 0 Å². The second-order valence-electron chi connectivity index (χ2n) is 6.76. The van der Waals surface area contributed by atoms with E-state index in [4.69, 9.17) is 4.74 Å². The molecule has 2 N–H and O–H groups in total. The molecule has 2 rings (SSSR count). The van der Waals surface area contributed by atoms with Crippen molar-refractivity contribution in [2.24, 2.45) is 0 Å². The van der Waals surface area contributed by atoms with Crippen LogP contribution in [0, 0.1) is 0 Å². The fraction of sp³-hybridized carbons (Fsp3) is 0.333. The van der Waals surface area contributed by atoms with E-state index in [1.165, 1.54) is 0 Å². The minimum Gasteiger partial charge on any atom is -0.497 e. The Kier molecular flexibility index (Phi) is 6.39. The van der Waals surface area contributed by atoms with Crippen LogP contribution in [0.2, 0.25) is 0 Å². The summed E-state index contributed by atoms with van der Waals surface area (Å²) in [7, 11) is 1.55. The van der Waals surface area contributed by atoms with Crippen molar-refractivity contribution in [1.82, 2.24) is 0 Å². The number of hydrogen-bond donors (Lipinski definition) is 2. The van der Waals surface area contributed by atoms with E-state index >= 15 is 0 Å². The number of methoxy groups -OCH3 is 1. The predicted octanol–water partition coefficient (Wildman–Crippen LogP) is 4.52. The highest BCUT2D eigenvalue weighted by molar-refractivity contribution is 6.43. The van der Waals surface area contributed by atoms with Gasteiger partial charge in [0.05, 0.1) is 7.11 Å². The van der Waals surface area contributed by atoms with Crippen molar-refractivity contribution in [2.75, 3.05) is 17.7 Å². The molecule has 0 radical (unpaired) electrons. The van der Waals surface area contributed by atoms with Crippen LogP contribution < -0.4 is 15.4 Å². The number of carbonyl (C=O) groups excluding carboxylic acids is 2. The smallest absolute Gasteiger partial charge is 0.314 e.